The van der Waals surface area contributed by atoms with Gasteiger partial charge in [-0.1, -0.05) is 12.1 Å². The van der Waals surface area contributed by atoms with Gasteiger partial charge in [-0.15, -0.1) is 0 Å². The number of hydrogen-bond acceptors (Lipinski definition) is 6. The van der Waals surface area contributed by atoms with E-state index in [2.05, 4.69) is 9.97 Å². The van der Waals surface area contributed by atoms with Crippen molar-refractivity contribution in [1.29, 1.82) is 0 Å². The molecule has 0 unspecified atom stereocenters. The lowest BCUT2D eigenvalue weighted by Crippen LogP contribution is -2.25. The Kier molecular flexibility index (Phi) is 4.46. The van der Waals surface area contributed by atoms with Crippen molar-refractivity contribution < 1.29 is 8.42 Å². The first-order chi connectivity index (χ1) is 14.4. The van der Waals surface area contributed by atoms with Gasteiger partial charge in [-0.3, -0.25) is 9.13 Å². The molecule has 0 atom stereocenters. The van der Waals surface area contributed by atoms with Gasteiger partial charge in [0.1, 0.15) is 27.5 Å². The van der Waals surface area contributed by atoms with Gasteiger partial charge < -0.3 is 4.57 Å². The third-order valence-electron chi connectivity index (χ3n) is 5.47. The predicted octanol–water partition coefficient (Wildman–Crippen LogP) is 1.76. The van der Waals surface area contributed by atoms with Gasteiger partial charge in [-0.25, -0.2) is 28.2 Å². The molecule has 4 aromatic rings. The molecule has 3 aromatic heterocycles. The molecule has 1 aliphatic rings. The molecule has 0 amide bonds. The summed E-state index contributed by atoms with van der Waals surface area (Å²) < 4.78 is 28.6. The van der Waals surface area contributed by atoms with Crippen molar-refractivity contribution in [3.8, 4) is 0 Å². The van der Waals surface area contributed by atoms with E-state index in [1.165, 1.54) is 12.6 Å². The molecule has 10 heteroatoms. The number of rotatable bonds is 7. The maximum Gasteiger partial charge on any atom is 0.331 e. The van der Waals surface area contributed by atoms with Crippen molar-refractivity contribution in [3.63, 3.8) is 0 Å². The highest BCUT2D eigenvalue weighted by molar-refractivity contribution is 7.90. The number of aromatic nitrogens is 6. The van der Waals surface area contributed by atoms with Crippen LogP contribution in [0.3, 0.4) is 0 Å². The van der Waals surface area contributed by atoms with Crippen LogP contribution in [0.1, 0.15) is 31.1 Å². The molecule has 1 saturated carbocycles. The molecule has 3 heterocycles. The van der Waals surface area contributed by atoms with Crippen LogP contribution in [0.5, 0.6) is 0 Å². The normalized spacial score (nSPS) is 14.7. The Balaban J connectivity index is 1.58. The van der Waals surface area contributed by atoms with Crippen LogP contribution in [-0.4, -0.2) is 49.1 Å². The molecule has 30 heavy (non-hydrogen) atoms. The molecule has 0 aliphatic heterocycles. The fraction of sp³-hybridized carbons (Fsp3) is 0.400. The fourth-order valence-electron chi connectivity index (χ4n) is 3.95. The van der Waals surface area contributed by atoms with Crippen LogP contribution in [0, 0.1) is 0 Å². The van der Waals surface area contributed by atoms with E-state index in [9.17, 15) is 13.2 Å². The maximum atomic E-state index is 13.2. The number of nitrogens with zero attached hydrogens (tertiary/aromatic N) is 6. The Labute approximate surface area is 172 Å². The van der Waals surface area contributed by atoms with Crippen LogP contribution in [0.2, 0.25) is 0 Å². The molecule has 0 bridgehead atoms. The van der Waals surface area contributed by atoms with E-state index in [-0.39, 0.29) is 24.0 Å². The lowest BCUT2D eigenvalue weighted by molar-refractivity contribution is 0.583. The van der Waals surface area contributed by atoms with Gasteiger partial charge >= 0.3 is 5.69 Å². The summed E-state index contributed by atoms with van der Waals surface area (Å²) in [5, 5.41) is 0. The van der Waals surface area contributed by atoms with Crippen LogP contribution >= 0.6 is 0 Å². The number of fused-ring (bicyclic) bond motifs is 2. The number of benzene rings is 1. The van der Waals surface area contributed by atoms with Crippen LogP contribution in [-0.2, 0) is 22.9 Å². The fourth-order valence-corrected chi connectivity index (χ4v) is 4.61. The number of imidazole rings is 2. The SMILES string of the molecule is CS(=O)(=O)CCCn1c(Cn2c(=O)n(C3CC3)c3ncncc32)nc2ccccc21. The Morgan fingerprint density at radius 1 is 1.13 bits per heavy atom. The average molecular weight is 427 g/mol. The minimum Gasteiger partial charge on any atom is -0.326 e. The highest BCUT2D eigenvalue weighted by Gasteiger charge is 2.30. The first kappa shape index (κ1) is 19.0. The smallest absolute Gasteiger partial charge is 0.326 e. The predicted molar refractivity (Wildman–Crippen MR) is 113 cm³/mol. The van der Waals surface area contributed by atoms with Crippen molar-refractivity contribution in [3.05, 3.63) is 53.1 Å². The Hall–Kier alpha value is -3.01. The molecule has 1 aromatic carbocycles. The first-order valence-electron chi connectivity index (χ1n) is 9.95. The third-order valence-corrected chi connectivity index (χ3v) is 6.50. The summed E-state index contributed by atoms with van der Waals surface area (Å²) in [6.07, 6.45) is 6.81. The van der Waals surface area contributed by atoms with Crippen LogP contribution in [0.25, 0.3) is 22.2 Å². The zero-order valence-corrected chi connectivity index (χ0v) is 17.4. The van der Waals surface area contributed by atoms with Gasteiger partial charge in [-0.05, 0) is 31.4 Å². The van der Waals surface area contributed by atoms with E-state index in [0.717, 1.165) is 23.9 Å². The summed E-state index contributed by atoms with van der Waals surface area (Å²) in [4.78, 5) is 26.4. The standard InChI is InChI=1S/C20H22N6O3S/c1-30(28,29)10-4-9-24-16-6-3-2-5-15(16)23-18(24)12-25-17-11-21-13-22-19(17)26(20(25)27)14-7-8-14/h2-3,5-6,11,13-14H,4,7-10,12H2,1H3. The van der Waals surface area contributed by atoms with Crippen molar-refractivity contribution in [2.75, 3.05) is 12.0 Å². The van der Waals surface area contributed by atoms with E-state index < -0.39 is 9.84 Å². The van der Waals surface area contributed by atoms with Crippen LogP contribution < -0.4 is 5.69 Å². The summed E-state index contributed by atoms with van der Waals surface area (Å²) in [5.74, 6) is 0.818. The Morgan fingerprint density at radius 3 is 2.70 bits per heavy atom. The van der Waals surface area contributed by atoms with E-state index in [0.29, 0.717) is 30.0 Å². The zero-order valence-electron chi connectivity index (χ0n) is 16.6. The monoisotopic (exact) mass is 426 g/mol. The Bertz CT molecular complexity index is 1410. The Morgan fingerprint density at radius 2 is 1.93 bits per heavy atom. The number of hydrogen-bond donors (Lipinski definition) is 0. The molecule has 1 aliphatic carbocycles. The summed E-state index contributed by atoms with van der Waals surface area (Å²) >= 11 is 0. The molecule has 0 radical (unpaired) electrons. The van der Waals surface area contributed by atoms with Crippen molar-refractivity contribution in [1.82, 2.24) is 28.7 Å². The number of sulfone groups is 1. The van der Waals surface area contributed by atoms with Crippen molar-refractivity contribution in [2.45, 2.75) is 38.4 Å². The van der Waals surface area contributed by atoms with Gasteiger partial charge in [0.05, 0.1) is 29.5 Å². The number of aryl methyl sites for hydroxylation is 1. The van der Waals surface area contributed by atoms with Crippen molar-refractivity contribution >= 4 is 32.0 Å². The number of para-hydroxylation sites is 2. The molecule has 1 fully saturated rings. The van der Waals surface area contributed by atoms with Gasteiger partial charge in [0, 0.05) is 18.8 Å². The molecule has 5 rings (SSSR count). The largest absolute Gasteiger partial charge is 0.331 e. The zero-order chi connectivity index (χ0) is 20.9. The van der Waals surface area contributed by atoms with E-state index >= 15 is 0 Å². The molecule has 0 saturated heterocycles. The van der Waals surface area contributed by atoms with Crippen LogP contribution in [0.4, 0.5) is 0 Å². The second-order valence-corrected chi connectivity index (χ2v) is 10.1. The second kappa shape index (κ2) is 7.05. The van der Waals surface area contributed by atoms with Crippen LogP contribution in [0.15, 0.2) is 41.6 Å². The minimum atomic E-state index is -3.05. The summed E-state index contributed by atoms with van der Waals surface area (Å²) in [7, 11) is -3.05. The van der Waals surface area contributed by atoms with Gasteiger partial charge in [-0.2, -0.15) is 0 Å². The molecular weight excluding hydrogens is 404 g/mol. The van der Waals surface area contributed by atoms with E-state index in [1.807, 2.05) is 28.8 Å². The quantitative estimate of drug-likeness (QED) is 0.446. The average Bonchev–Trinajstić information content (AvgIpc) is 3.42. The molecule has 0 spiro atoms. The van der Waals surface area contributed by atoms with Gasteiger partial charge in [0.15, 0.2) is 5.65 Å². The summed E-state index contributed by atoms with van der Waals surface area (Å²) in [6, 6.07) is 7.93. The molecule has 0 N–H and O–H groups in total. The highest BCUT2D eigenvalue weighted by Crippen LogP contribution is 2.35. The minimum absolute atomic E-state index is 0.105. The van der Waals surface area contributed by atoms with Gasteiger partial charge in [0.25, 0.3) is 0 Å². The lowest BCUT2D eigenvalue weighted by atomic mass is 10.3. The summed E-state index contributed by atoms with van der Waals surface area (Å²) in [5.41, 5.74) is 2.97. The van der Waals surface area contributed by atoms with Crippen molar-refractivity contribution in [2.24, 2.45) is 0 Å². The van der Waals surface area contributed by atoms with E-state index in [4.69, 9.17) is 4.98 Å². The van der Waals surface area contributed by atoms with Gasteiger partial charge in [0.2, 0.25) is 0 Å². The topological polar surface area (TPSA) is 105 Å². The maximum absolute atomic E-state index is 13.2. The summed E-state index contributed by atoms with van der Waals surface area (Å²) in [6.45, 7) is 0.783. The lowest BCUT2D eigenvalue weighted by Gasteiger charge is -2.09. The highest BCUT2D eigenvalue weighted by atomic mass is 32.2. The second-order valence-electron chi connectivity index (χ2n) is 7.85. The first-order valence-corrected chi connectivity index (χ1v) is 12.0. The third kappa shape index (κ3) is 3.41. The van der Waals surface area contributed by atoms with E-state index in [1.54, 1.807) is 15.3 Å². The molecule has 156 valence electrons. The molecular formula is C20H22N6O3S. The molecule has 9 nitrogen and oxygen atoms in total.